The van der Waals surface area contributed by atoms with Gasteiger partial charge in [0.15, 0.2) is 0 Å². The van der Waals surface area contributed by atoms with Crippen LogP contribution in [0.4, 0.5) is 4.79 Å². The van der Waals surface area contributed by atoms with E-state index in [1.807, 2.05) is 4.90 Å². The van der Waals surface area contributed by atoms with Crippen molar-refractivity contribution in [2.45, 2.75) is 51.2 Å². The van der Waals surface area contributed by atoms with Crippen molar-refractivity contribution in [2.24, 2.45) is 0 Å². The van der Waals surface area contributed by atoms with Gasteiger partial charge in [0.05, 0.1) is 0 Å². The molecule has 0 saturated carbocycles. The van der Waals surface area contributed by atoms with E-state index < -0.39 is 17.4 Å². The normalized spacial score (nSPS) is 14.1. The molecule has 10 heteroatoms. The highest BCUT2D eigenvalue weighted by Gasteiger charge is 2.36. The van der Waals surface area contributed by atoms with Crippen LogP contribution in [0.3, 0.4) is 0 Å². The van der Waals surface area contributed by atoms with Crippen LogP contribution >= 0.6 is 0 Å². The van der Waals surface area contributed by atoms with Crippen molar-refractivity contribution in [2.75, 3.05) is 48.1 Å². The molecule has 8 nitrogen and oxygen atoms in total. The molecule has 0 aliphatic carbocycles. The van der Waals surface area contributed by atoms with Crippen molar-refractivity contribution in [1.82, 2.24) is 10.2 Å². The number of nitrogens with zero attached hydrogens (tertiary/aromatic N) is 1. The number of amides is 2. The van der Waals surface area contributed by atoms with Gasteiger partial charge < -0.3 is 32.7 Å². The van der Waals surface area contributed by atoms with Crippen LogP contribution < -0.4 is 5.32 Å². The number of hydrogen-bond acceptors (Lipinski definition) is 6. The van der Waals surface area contributed by atoms with Gasteiger partial charge in [-0.15, -0.1) is 0 Å². The Morgan fingerprint density at radius 3 is 2.04 bits per heavy atom. The lowest BCUT2D eigenvalue weighted by Gasteiger charge is -2.26. The summed E-state index contributed by atoms with van der Waals surface area (Å²) in [5, 5.41) is 2.96. The molecule has 156 valence electrons. The van der Waals surface area contributed by atoms with Crippen molar-refractivity contribution in [3.05, 3.63) is 0 Å². The van der Waals surface area contributed by atoms with Gasteiger partial charge in [-0.05, 0) is 31.9 Å². The predicted molar refractivity (Wildman–Crippen MR) is 106 cm³/mol. The summed E-state index contributed by atoms with van der Waals surface area (Å²) >= 11 is 0. The Balaban J connectivity index is 4.37. The zero-order valence-electron chi connectivity index (χ0n) is 17.3. The monoisotopic (exact) mass is 410 g/mol. The highest BCUT2D eigenvalue weighted by molar-refractivity contribution is 6.64. The first kappa shape index (κ1) is 25.5. The van der Waals surface area contributed by atoms with Crippen molar-refractivity contribution in [3.63, 3.8) is 0 Å². The number of unbranched alkanes of at least 4 members (excludes halogenated alkanes) is 1. The maximum absolute atomic E-state index is 12.5. The predicted octanol–water partition coefficient (Wildman–Crippen LogP) is 2.17. The third kappa shape index (κ3) is 10.00. The topological polar surface area (TPSA) is 89.5 Å². The molecule has 1 atom stereocenters. The van der Waals surface area contributed by atoms with E-state index in [-0.39, 0.29) is 6.03 Å². The van der Waals surface area contributed by atoms with E-state index in [4.69, 9.17) is 17.7 Å². The number of rotatable bonds is 15. The van der Waals surface area contributed by atoms with Crippen LogP contribution in [0.25, 0.3) is 0 Å². The standard InChI is InChI=1S/C16H38N2O6Si2/c1-7-8-12-18(13-10-14-25(6,20)21-2)16(19)17-11-9-15-26(22-3,23-4)24-5/h20H,7-15H2,1-6H3,(H,17,19). The smallest absolute Gasteiger partial charge is 0.411 e. The van der Waals surface area contributed by atoms with Gasteiger partial charge in [-0.25, -0.2) is 4.79 Å². The Bertz CT molecular complexity index is 375. The van der Waals surface area contributed by atoms with E-state index in [0.29, 0.717) is 31.7 Å². The van der Waals surface area contributed by atoms with Crippen LogP contribution in [-0.4, -0.2) is 81.2 Å². The molecule has 2 N–H and O–H groups in total. The highest BCUT2D eigenvalue weighted by Crippen LogP contribution is 2.14. The fourth-order valence-corrected chi connectivity index (χ4v) is 5.27. The SMILES string of the molecule is CCCCN(CCC[Si](C)(O)OC)C(=O)NCCC[Si](OC)(OC)OC. The molecular formula is C16H38N2O6Si2. The van der Waals surface area contributed by atoms with Gasteiger partial charge in [-0.2, -0.15) is 0 Å². The molecule has 0 aliphatic rings. The molecule has 0 aromatic carbocycles. The molecule has 0 aromatic rings. The van der Waals surface area contributed by atoms with Crippen molar-refractivity contribution < 1.29 is 27.3 Å². The third-order valence-electron chi connectivity index (χ3n) is 4.45. The highest BCUT2D eigenvalue weighted by atomic mass is 28.4. The summed E-state index contributed by atoms with van der Waals surface area (Å²) in [5.41, 5.74) is 0. The third-order valence-corrected chi connectivity index (χ3v) is 9.44. The summed E-state index contributed by atoms with van der Waals surface area (Å²) in [6.07, 6.45) is 3.44. The van der Waals surface area contributed by atoms with Crippen molar-refractivity contribution >= 4 is 23.4 Å². The molecule has 2 amide bonds. The minimum Gasteiger partial charge on any atom is -0.411 e. The number of urea groups is 1. The van der Waals surface area contributed by atoms with Gasteiger partial charge in [-0.1, -0.05) is 13.3 Å². The number of hydrogen-bond donors (Lipinski definition) is 2. The lowest BCUT2D eigenvalue weighted by Crippen LogP contribution is -2.45. The second-order valence-corrected chi connectivity index (χ2v) is 12.8. The van der Waals surface area contributed by atoms with Gasteiger partial charge in [0.25, 0.3) is 0 Å². The van der Waals surface area contributed by atoms with Crippen LogP contribution in [0.1, 0.15) is 32.6 Å². The van der Waals surface area contributed by atoms with E-state index in [1.165, 1.54) is 7.11 Å². The van der Waals surface area contributed by atoms with Gasteiger partial charge >= 0.3 is 23.4 Å². The molecule has 0 radical (unpaired) electrons. The van der Waals surface area contributed by atoms with Crippen LogP contribution in [0.15, 0.2) is 0 Å². The Morgan fingerprint density at radius 1 is 0.962 bits per heavy atom. The Labute approximate surface area is 160 Å². The number of carbonyl (C=O) groups excluding carboxylic acids is 1. The zero-order chi connectivity index (χ0) is 20.1. The molecule has 1 unspecified atom stereocenters. The summed E-state index contributed by atoms with van der Waals surface area (Å²) in [6, 6.07) is 1.19. The second-order valence-electron chi connectivity index (χ2n) is 6.45. The minimum absolute atomic E-state index is 0.0725. The van der Waals surface area contributed by atoms with E-state index >= 15 is 0 Å². The van der Waals surface area contributed by atoms with E-state index in [0.717, 1.165) is 25.7 Å². The van der Waals surface area contributed by atoms with Gasteiger partial charge in [-0.3, -0.25) is 0 Å². The fraction of sp³-hybridized carbons (Fsp3) is 0.938. The Morgan fingerprint density at radius 2 is 1.54 bits per heavy atom. The van der Waals surface area contributed by atoms with Gasteiger partial charge in [0, 0.05) is 54.1 Å². The fourth-order valence-electron chi connectivity index (χ4n) is 2.53. The number of nitrogens with one attached hydrogen (secondary N) is 1. The van der Waals surface area contributed by atoms with Crippen molar-refractivity contribution in [1.29, 1.82) is 0 Å². The molecule has 0 heterocycles. The van der Waals surface area contributed by atoms with Gasteiger partial charge in [0.2, 0.25) is 0 Å². The lowest BCUT2D eigenvalue weighted by molar-refractivity contribution is 0.123. The first-order chi connectivity index (χ1) is 12.3. The molecule has 0 saturated heterocycles. The van der Waals surface area contributed by atoms with E-state index in [2.05, 4.69) is 12.2 Å². The molecule has 0 rings (SSSR count). The van der Waals surface area contributed by atoms with Gasteiger partial charge in [0.1, 0.15) is 0 Å². The summed E-state index contributed by atoms with van der Waals surface area (Å²) < 4.78 is 21.3. The average molecular weight is 411 g/mol. The second kappa shape index (κ2) is 13.6. The maximum atomic E-state index is 12.5. The van der Waals surface area contributed by atoms with E-state index in [1.54, 1.807) is 27.9 Å². The summed E-state index contributed by atoms with van der Waals surface area (Å²) in [4.78, 5) is 24.3. The summed E-state index contributed by atoms with van der Waals surface area (Å²) in [7, 11) is 1.14. The molecular weight excluding hydrogens is 372 g/mol. The Kier molecular flexibility index (Phi) is 13.4. The van der Waals surface area contributed by atoms with E-state index in [9.17, 15) is 9.59 Å². The first-order valence-electron chi connectivity index (χ1n) is 9.25. The quantitative estimate of drug-likeness (QED) is 0.318. The largest absolute Gasteiger partial charge is 0.500 e. The van der Waals surface area contributed by atoms with Crippen LogP contribution in [0.5, 0.6) is 0 Å². The van der Waals surface area contributed by atoms with Crippen molar-refractivity contribution in [3.8, 4) is 0 Å². The molecule has 0 fully saturated rings. The molecule has 0 aromatic heterocycles. The van der Waals surface area contributed by atoms with Crippen LogP contribution in [0, 0.1) is 0 Å². The van der Waals surface area contributed by atoms with Crippen LogP contribution in [-0.2, 0) is 17.7 Å². The average Bonchev–Trinajstić information content (AvgIpc) is 2.65. The molecule has 0 bridgehead atoms. The Hall–Kier alpha value is -0.496. The molecule has 0 aliphatic heterocycles. The minimum atomic E-state index is -2.59. The van der Waals surface area contributed by atoms with Crippen LogP contribution in [0.2, 0.25) is 18.6 Å². The maximum Gasteiger partial charge on any atom is 0.500 e. The summed E-state index contributed by atoms with van der Waals surface area (Å²) in [6.45, 7) is 5.73. The molecule has 26 heavy (non-hydrogen) atoms. The zero-order valence-corrected chi connectivity index (χ0v) is 19.3. The molecule has 0 spiro atoms. The summed E-state index contributed by atoms with van der Waals surface area (Å²) in [5.74, 6) is 0. The first-order valence-corrected chi connectivity index (χ1v) is 13.7. The lowest BCUT2D eigenvalue weighted by atomic mass is 10.3. The number of carbonyl (C=O) groups is 1.